The minimum absolute atomic E-state index is 0.274. The van der Waals surface area contributed by atoms with Gasteiger partial charge in [-0.1, -0.05) is 6.08 Å². The Bertz CT molecular complexity index is 304. The molecule has 2 rings (SSSR count). The van der Waals surface area contributed by atoms with Crippen LogP contribution in [0.4, 0.5) is 0 Å². The maximum Gasteiger partial charge on any atom is 0.0850 e. The van der Waals surface area contributed by atoms with E-state index in [2.05, 4.69) is 44.8 Å². The van der Waals surface area contributed by atoms with Crippen molar-refractivity contribution >= 4 is 21.6 Å². The Hall–Kier alpha value is -0.770. The molecule has 2 aliphatic heterocycles. The minimum atomic E-state index is 0.274. The van der Waals surface area contributed by atoms with Crippen LogP contribution in [-0.4, -0.2) is 18.3 Å². The van der Waals surface area contributed by atoms with Gasteiger partial charge in [0.25, 0.3) is 0 Å². The first kappa shape index (κ1) is 8.81. The highest BCUT2D eigenvalue weighted by atomic mass is 79.9. The van der Waals surface area contributed by atoms with Crippen molar-refractivity contribution < 1.29 is 0 Å². The van der Waals surface area contributed by atoms with Gasteiger partial charge in [0.15, 0.2) is 0 Å². The molecule has 0 amide bonds. The minimum Gasteiger partial charge on any atom is -0.379 e. The quantitative estimate of drug-likeness (QED) is 0.730. The van der Waals surface area contributed by atoms with E-state index in [1.165, 1.54) is 11.3 Å². The fraction of sp³-hybridized carbons (Fsp3) is 0.444. The fourth-order valence-electron chi connectivity index (χ4n) is 1.47. The standard InChI is InChI=1S/C9H12BrN3/c1-6-4-9(11-5-7(6)10)8-2-3-12-13-8/h4-5,9,11-12H,2-3H2,1H3. The largest absolute Gasteiger partial charge is 0.379 e. The van der Waals surface area contributed by atoms with Gasteiger partial charge in [-0.2, -0.15) is 5.10 Å². The van der Waals surface area contributed by atoms with Crippen LogP contribution in [0.25, 0.3) is 0 Å². The SMILES string of the molecule is CC1=CC(C2=NNCC2)NC=C1Br. The fourth-order valence-corrected chi connectivity index (χ4v) is 1.73. The Labute approximate surface area is 86.1 Å². The molecule has 0 aromatic rings. The molecule has 4 heteroatoms. The maximum atomic E-state index is 4.23. The first-order chi connectivity index (χ1) is 6.27. The van der Waals surface area contributed by atoms with E-state index in [-0.39, 0.29) is 6.04 Å². The van der Waals surface area contributed by atoms with E-state index in [1.54, 1.807) is 0 Å². The lowest BCUT2D eigenvalue weighted by Crippen LogP contribution is -2.33. The molecule has 0 saturated carbocycles. The molecule has 0 radical (unpaired) electrons. The van der Waals surface area contributed by atoms with E-state index in [0.717, 1.165) is 17.4 Å². The van der Waals surface area contributed by atoms with Gasteiger partial charge in [0, 0.05) is 23.6 Å². The van der Waals surface area contributed by atoms with E-state index in [9.17, 15) is 0 Å². The van der Waals surface area contributed by atoms with Crippen LogP contribution in [0.15, 0.2) is 27.4 Å². The normalized spacial score (nSPS) is 26.9. The molecule has 2 N–H and O–H groups in total. The van der Waals surface area contributed by atoms with Crippen molar-refractivity contribution in [1.29, 1.82) is 0 Å². The molecule has 0 aliphatic carbocycles. The Kier molecular flexibility index (Phi) is 2.40. The van der Waals surface area contributed by atoms with Crippen molar-refractivity contribution in [3.05, 3.63) is 22.3 Å². The van der Waals surface area contributed by atoms with Gasteiger partial charge in [-0.25, -0.2) is 0 Å². The smallest absolute Gasteiger partial charge is 0.0850 e. The number of halogens is 1. The van der Waals surface area contributed by atoms with Gasteiger partial charge in [-0.15, -0.1) is 0 Å². The van der Waals surface area contributed by atoms with Crippen LogP contribution >= 0.6 is 15.9 Å². The molecular weight excluding hydrogens is 230 g/mol. The van der Waals surface area contributed by atoms with Crippen molar-refractivity contribution in [2.45, 2.75) is 19.4 Å². The maximum absolute atomic E-state index is 4.23. The zero-order valence-corrected chi connectivity index (χ0v) is 9.06. The molecule has 0 aromatic heterocycles. The second-order valence-corrected chi connectivity index (χ2v) is 4.10. The van der Waals surface area contributed by atoms with Crippen LogP contribution in [0, 0.1) is 0 Å². The lowest BCUT2D eigenvalue weighted by atomic mass is 10.0. The summed E-state index contributed by atoms with van der Waals surface area (Å²) in [4.78, 5) is 0. The van der Waals surface area contributed by atoms with E-state index in [0.29, 0.717) is 0 Å². The third kappa shape index (κ3) is 1.77. The van der Waals surface area contributed by atoms with Gasteiger partial charge in [0.2, 0.25) is 0 Å². The van der Waals surface area contributed by atoms with Gasteiger partial charge in [-0.05, 0) is 28.4 Å². The van der Waals surface area contributed by atoms with Gasteiger partial charge in [0.1, 0.15) is 0 Å². The van der Waals surface area contributed by atoms with E-state index >= 15 is 0 Å². The second-order valence-electron chi connectivity index (χ2n) is 3.25. The van der Waals surface area contributed by atoms with Crippen molar-refractivity contribution in [1.82, 2.24) is 10.7 Å². The molecule has 70 valence electrons. The summed E-state index contributed by atoms with van der Waals surface area (Å²) in [6.07, 6.45) is 5.21. The average Bonchev–Trinajstić information content (AvgIpc) is 2.62. The predicted octanol–water partition coefficient (Wildman–Crippen LogP) is 1.49. The molecule has 0 spiro atoms. The van der Waals surface area contributed by atoms with Crippen molar-refractivity contribution in [2.75, 3.05) is 6.54 Å². The molecule has 2 heterocycles. The molecule has 1 atom stereocenters. The predicted molar refractivity (Wildman–Crippen MR) is 57.7 cm³/mol. The molecule has 13 heavy (non-hydrogen) atoms. The molecule has 1 unspecified atom stereocenters. The van der Waals surface area contributed by atoms with E-state index in [4.69, 9.17) is 0 Å². The summed E-state index contributed by atoms with van der Waals surface area (Å²) in [5.74, 6) is 0. The molecule has 0 bridgehead atoms. The van der Waals surface area contributed by atoms with E-state index in [1.807, 2.05) is 6.20 Å². The zero-order chi connectivity index (χ0) is 9.26. The Morgan fingerprint density at radius 2 is 2.46 bits per heavy atom. The summed E-state index contributed by atoms with van der Waals surface area (Å²) in [6.45, 7) is 3.06. The summed E-state index contributed by atoms with van der Waals surface area (Å²) >= 11 is 3.46. The highest BCUT2D eigenvalue weighted by molar-refractivity contribution is 9.12. The third-order valence-electron chi connectivity index (χ3n) is 2.26. The second kappa shape index (κ2) is 3.54. The van der Waals surface area contributed by atoms with Crippen LogP contribution in [0.2, 0.25) is 0 Å². The lowest BCUT2D eigenvalue weighted by molar-refractivity contribution is 0.813. The van der Waals surface area contributed by atoms with Crippen LogP contribution < -0.4 is 10.7 Å². The topological polar surface area (TPSA) is 36.4 Å². The first-order valence-electron chi connectivity index (χ1n) is 4.37. The summed E-state index contributed by atoms with van der Waals surface area (Å²) in [6, 6.07) is 0.274. The van der Waals surface area contributed by atoms with Crippen LogP contribution in [0.3, 0.4) is 0 Å². The highest BCUT2D eigenvalue weighted by Gasteiger charge is 2.18. The summed E-state index contributed by atoms with van der Waals surface area (Å²) < 4.78 is 1.12. The molecule has 0 aromatic carbocycles. The summed E-state index contributed by atoms with van der Waals surface area (Å²) in [7, 11) is 0. The molecule has 2 aliphatic rings. The number of hydrogen-bond acceptors (Lipinski definition) is 3. The van der Waals surface area contributed by atoms with Gasteiger partial charge in [0.05, 0.1) is 11.8 Å². The zero-order valence-electron chi connectivity index (χ0n) is 7.47. The Morgan fingerprint density at radius 3 is 3.08 bits per heavy atom. The number of hydrogen-bond donors (Lipinski definition) is 2. The number of nitrogens with zero attached hydrogens (tertiary/aromatic N) is 1. The number of allylic oxidation sites excluding steroid dienone is 2. The van der Waals surface area contributed by atoms with Crippen molar-refractivity contribution in [2.24, 2.45) is 5.10 Å². The van der Waals surface area contributed by atoms with Gasteiger partial charge >= 0.3 is 0 Å². The van der Waals surface area contributed by atoms with Crippen molar-refractivity contribution in [3.8, 4) is 0 Å². The van der Waals surface area contributed by atoms with Crippen LogP contribution in [0.5, 0.6) is 0 Å². The monoisotopic (exact) mass is 241 g/mol. The number of rotatable bonds is 1. The highest BCUT2D eigenvalue weighted by Crippen LogP contribution is 2.20. The molecule has 3 nitrogen and oxygen atoms in total. The Balaban J connectivity index is 2.12. The Morgan fingerprint density at radius 1 is 1.62 bits per heavy atom. The van der Waals surface area contributed by atoms with Crippen LogP contribution in [0.1, 0.15) is 13.3 Å². The molecule has 0 fully saturated rings. The van der Waals surface area contributed by atoms with E-state index < -0.39 is 0 Å². The van der Waals surface area contributed by atoms with Crippen LogP contribution in [-0.2, 0) is 0 Å². The number of dihydropyridines is 1. The first-order valence-corrected chi connectivity index (χ1v) is 5.16. The number of nitrogens with one attached hydrogen (secondary N) is 2. The van der Waals surface area contributed by atoms with Gasteiger partial charge in [-0.3, -0.25) is 0 Å². The summed E-state index contributed by atoms with van der Waals surface area (Å²) in [5, 5.41) is 7.52. The van der Waals surface area contributed by atoms with Crippen molar-refractivity contribution in [3.63, 3.8) is 0 Å². The molecular formula is C9H12BrN3. The third-order valence-corrected chi connectivity index (χ3v) is 3.11. The number of hydrazone groups is 1. The summed E-state index contributed by atoms with van der Waals surface area (Å²) in [5.41, 5.74) is 5.43. The lowest BCUT2D eigenvalue weighted by Gasteiger charge is -2.19. The molecule has 0 saturated heterocycles. The van der Waals surface area contributed by atoms with Gasteiger partial charge < -0.3 is 10.7 Å². The average molecular weight is 242 g/mol.